The molecule has 0 radical (unpaired) electrons. The number of nitriles is 1. The Hall–Kier alpha value is -1.37. The fourth-order valence-corrected chi connectivity index (χ4v) is 2.80. The van der Waals surface area contributed by atoms with Gasteiger partial charge in [0.1, 0.15) is 6.07 Å². The molecule has 0 aliphatic carbocycles. The van der Waals surface area contributed by atoms with Crippen LogP contribution in [-0.2, 0) is 0 Å². The monoisotopic (exact) mass is 231 g/mol. The molecule has 2 aromatic rings. The lowest BCUT2D eigenvalue weighted by molar-refractivity contribution is 1.53. The van der Waals surface area contributed by atoms with Gasteiger partial charge in [-0.15, -0.1) is 22.7 Å². The summed E-state index contributed by atoms with van der Waals surface area (Å²) in [5.41, 5.74) is 1.97. The maximum absolute atomic E-state index is 9.08. The van der Waals surface area contributed by atoms with Crippen LogP contribution >= 0.6 is 22.7 Å². The third-order valence-electron chi connectivity index (χ3n) is 2.08. The Balaban J connectivity index is 2.41. The second-order valence-electron chi connectivity index (χ2n) is 3.11. The van der Waals surface area contributed by atoms with Gasteiger partial charge in [0.25, 0.3) is 0 Å². The average molecular weight is 231 g/mol. The summed E-state index contributed by atoms with van der Waals surface area (Å²) in [5.74, 6) is 0. The van der Waals surface area contributed by atoms with E-state index >= 15 is 0 Å². The lowest BCUT2D eigenvalue weighted by atomic mass is 10.2. The van der Waals surface area contributed by atoms with Crippen LogP contribution in [0.4, 0.5) is 0 Å². The molecular weight excluding hydrogens is 222 g/mol. The second-order valence-corrected chi connectivity index (χ2v) is 5.01. The van der Waals surface area contributed by atoms with E-state index in [0.717, 1.165) is 10.5 Å². The first-order valence-electron chi connectivity index (χ1n) is 4.51. The summed E-state index contributed by atoms with van der Waals surface area (Å²) in [4.78, 5) is 2.20. The number of allylic oxidation sites excluding steroid dienone is 1. The van der Waals surface area contributed by atoms with Gasteiger partial charge >= 0.3 is 0 Å². The molecule has 74 valence electrons. The first-order valence-corrected chi connectivity index (χ1v) is 6.27. The third kappa shape index (κ3) is 2.17. The Morgan fingerprint density at radius 2 is 2.20 bits per heavy atom. The zero-order valence-corrected chi connectivity index (χ0v) is 9.86. The standard InChI is InChI=1S/C12H9NS2/c1-9-4-6-15-12(9)7-10(8-13)11-3-2-5-14-11/h2-7H,1H3. The van der Waals surface area contributed by atoms with E-state index in [1.165, 1.54) is 10.4 Å². The Morgan fingerprint density at radius 1 is 1.33 bits per heavy atom. The summed E-state index contributed by atoms with van der Waals surface area (Å²) in [6, 6.07) is 8.26. The van der Waals surface area contributed by atoms with Gasteiger partial charge in [0, 0.05) is 9.75 Å². The van der Waals surface area contributed by atoms with Crippen LogP contribution < -0.4 is 0 Å². The minimum Gasteiger partial charge on any atom is -0.192 e. The van der Waals surface area contributed by atoms with Gasteiger partial charge in [-0.1, -0.05) is 6.07 Å². The summed E-state index contributed by atoms with van der Waals surface area (Å²) in [5, 5.41) is 13.1. The van der Waals surface area contributed by atoms with Crippen molar-refractivity contribution >= 4 is 34.3 Å². The Morgan fingerprint density at radius 3 is 2.73 bits per heavy atom. The molecule has 0 unspecified atom stereocenters. The van der Waals surface area contributed by atoms with Gasteiger partial charge in [0.15, 0.2) is 0 Å². The van der Waals surface area contributed by atoms with Crippen molar-refractivity contribution in [2.75, 3.05) is 0 Å². The van der Waals surface area contributed by atoms with Gasteiger partial charge in [-0.05, 0) is 41.5 Å². The summed E-state index contributed by atoms with van der Waals surface area (Å²) >= 11 is 3.26. The number of aryl methyl sites for hydroxylation is 1. The molecule has 3 heteroatoms. The summed E-state index contributed by atoms with van der Waals surface area (Å²) < 4.78 is 0. The highest BCUT2D eigenvalue weighted by atomic mass is 32.1. The van der Waals surface area contributed by atoms with Crippen molar-refractivity contribution < 1.29 is 0 Å². The van der Waals surface area contributed by atoms with Gasteiger partial charge in [0.2, 0.25) is 0 Å². The summed E-state index contributed by atoms with van der Waals surface area (Å²) in [7, 11) is 0. The zero-order chi connectivity index (χ0) is 10.7. The van der Waals surface area contributed by atoms with Crippen LogP contribution in [-0.4, -0.2) is 0 Å². The van der Waals surface area contributed by atoms with Crippen molar-refractivity contribution in [1.29, 1.82) is 5.26 Å². The molecule has 0 saturated heterocycles. The number of hydrogen-bond acceptors (Lipinski definition) is 3. The number of rotatable bonds is 2. The van der Waals surface area contributed by atoms with Gasteiger partial charge < -0.3 is 0 Å². The van der Waals surface area contributed by atoms with Gasteiger partial charge in [-0.2, -0.15) is 5.26 Å². The normalized spacial score (nSPS) is 11.3. The van der Waals surface area contributed by atoms with Crippen LogP contribution in [0.2, 0.25) is 0 Å². The lowest BCUT2D eigenvalue weighted by Gasteiger charge is -1.94. The van der Waals surface area contributed by atoms with Crippen LogP contribution in [0.15, 0.2) is 29.0 Å². The van der Waals surface area contributed by atoms with E-state index < -0.39 is 0 Å². The summed E-state index contributed by atoms with van der Waals surface area (Å²) in [6.07, 6.45) is 1.96. The molecule has 0 spiro atoms. The van der Waals surface area contributed by atoms with Crippen molar-refractivity contribution in [2.45, 2.75) is 6.92 Å². The molecular formula is C12H9NS2. The van der Waals surface area contributed by atoms with Crippen molar-refractivity contribution in [3.63, 3.8) is 0 Å². The molecule has 0 fully saturated rings. The third-order valence-corrected chi connectivity index (χ3v) is 3.95. The molecule has 2 aromatic heterocycles. The number of nitrogens with zero attached hydrogens (tertiary/aromatic N) is 1. The van der Waals surface area contributed by atoms with Crippen molar-refractivity contribution in [3.05, 3.63) is 44.3 Å². The van der Waals surface area contributed by atoms with Crippen molar-refractivity contribution in [1.82, 2.24) is 0 Å². The molecule has 0 N–H and O–H groups in total. The van der Waals surface area contributed by atoms with Crippen molar-refractivity contribution in [2.24, 2.45) is 0 Å². The highest BCUT2D eigenvalue weighted by Crippen LogP contribution is 2.25. The molecule has 0 amide bonds. The van der Waals surface area contributed by atoms with Gasteiger partial charge in [-0.25, -0.2) is 0 Å². The van der Waals surface area contributed by atoms with E-state index in [2.05, 4.69) is 19.1 Å². The predicted molar refractivity (Wildman–Crippen MR) is 66.9 cm³/mol. The molecule has 2 rings (SSSR count). The molecule has 0 aliphatic rings. The lowest BCUT2D eigenvalue weighted by Crippen LogP contribution is -1.75. The molecule has 2 heterocycles. The molecule has 1 nitrogen and oxygen atoms in total. The molecule has 0 bridgehead atoms. The molecule has 0 saturated carbocycles. The van der Waals surface area contributed by atoms with Crippen LogP contribution in [0.1, 0.15) is 15.3 Å². The van der Waals surface area contributed by atoms with Crippen LogP contribution in [0.3, 0.4) is 0 Å². The number of thiophene rings is 2. The van der Waals surface area contributed by atoms with E-state index in [1.807, 2.05) is 29.0 Å². The van der Waals surface area contributed by atoms with E-state index in [9.17, 15) is 0 Å². The van der Waals surface area contributed by atoms with E-state index in [4.69, 9.17) is 5.26 Å². The molecule has 0 aromatic carbocycles. The van der Waals surface area contributed by atoms with E-state index in [1.54, 1.807) is 22.7 Å². The SMILES string of the molecule is Cc1ccsc1C=C(C#N)c1cccs1. The second kappa shape index (κ2) is 4.43. The average Bonchev–Trinajstić information content (AvgIpc) is 2.86. The van der Waals surface area contributed by atoms with Crippen LogP contribution in [0, 0.1) is 18.3 Å². The zero-order valence-electron chi connectivity index (χ0n) is 8.23. The Kier molecular flexibility index (Phi) is 3.00. The fraction of sp³-hybridized carbons (Fsp3) is 0.0833. The molecule has 0 atom stereocenters. The minimum absolute atomic E-state index is 0.746. The van der Waals surface area contributed by atoms with Gasteiger partial charge in [-0.3, -0.25) is 0 Å². The highest BCUT2D eigenvalue weighted by Gasteiger charge is 2.03. The topological polar surface area (TPSA) is 23.8 Å². The Bertz CT molecular complexity index is 512. The van der Waals surface area contributed by atoms with Crippen LogP contribution in [0.25, 0.3) is 11.6 Å². The van der Waals surface area contributed by atoms with Crippen molar-refractivity contribution in [3.8, 4) is 6.07 Å². The highest BCUT2D eigenvalue weighted by molar-refractivity contribution is 7.12. The summed E-state index contributed by atoms with van der Waals surface area (Å²) in [6.45, 7) is 2.06. The van der Waals surface area contributed by atoms with E-state index in [0.29, 0.717) is 0 Å². The molecule has 15 heavy (non-hydrogen) atoms. The smallest absolute Gasteiger partial charge is 0.101 e. The first-order chi connectivity index (χ1) is 7.31. The minimum atomic E-state index is 0.746. The first kappa shape index (κ1) is 10.2. The maximum Gasteiger partial charge on any atom is 0.101 e. The van der Waals surface area contributed by atoms with Crippen LogP contribution in [0.5, 0.6) is 0 Å². The Labute approximate surface area is 96.9 Å². The predicted octanol–water partition coefficient (Wildman–Crippen LogP) is 4.18. The fourth-order valence-electron chi connectivity index (χ4n) is 1.25. The molecule has 0 aliphatic heterocycles. The largest absolute Gasteiger partial charge is 0.192 e. The van der Waals surface area contributed by atoms with Gasteiger partial charge in [0.05, 0.1) is 5.57 Å². The quantitative estimate of drug-likeness (QED) is 0.711. The van der Waals surface area contributed by atoms with E-state index in [-0.39, 0.29) is 0 Å². The number of hydrogen-bond donors (Lipinski definition) is 0. The maximum atomic E-state index is 9.08.